The van der Waals surface area contributed by atoms with Crippen LogP contribution in [-0.4, -0.2) is 55.1 Å². The van der Waals surface area contributed by atoms with E-state index in [2.05, 4.69) is 4.90 Å². The van der Waals surface area contributed by atoms with Crippen LogP contribution in [0.3, 0.4) is 0 Å². The lowest BCUT2D eigenvalue weighted by atomic mass is 9.97. The predicted octanol–water partition coefficient (Wildman–Crippen LogP) is 5.27. The maximum Gasteiger partial charge on any atom is 0.300 e. The first-order valence-electron chi connectivity index (χ1n) is 12.7. The number of rotatable bonds is 7. The number of hydrogen-bond donors (Lipinski definition) is 2. The first-order valence-corrected chi connectivity index (χ1v) is 14.6. The zero-order valence-electron chi connectivity index (χ0n) is 21.5. The molecule has 39 heavy (non-hydrogen) atoms. The van der Waals surface area contributed by atoms with Gasteiger partial charge < -0.3 is 20.1 Å². The maximum absolute atomic E-state index is 14.3. The van der Waals surface area contributed by atoms with E-state index in [1.165, 1.54) is 6.07 Å². The summed E-state index contributed by atoms with van der Waals surface area (Å²) in [7, 11) is 0. The van der Waals surface area contributed by atoms with Crippen molar-refractivity contribution in [3.8, 4) is 5.75 Å². The summed E-state index contributed by atoms with van der Waals surface area (Å²) >= 11 is 10.2. The van der Waals surface area contributed by atoms with Gasteiger partial charge in [0.2, 0.25) is 0 Å². The van der Waals surface area contributed by atoms with Crippen LogP contribution in [0.15, 0.2) is 30.3 Å². The predicted molar refractivity (Wildman–Crippen MR) is 148 cm³/mol. The molecule has 12 heteroatoms. The van der Waals surface area contributed by atoms with E-state index >= 15 is 0 Å². The van der Waals surface area contributed by atoms with E-state index in [9.17, 15) is 17.9 Å². The van der Waals surface area contributed by atoms with Gasteiger partial charge in [-0.3, -0.25) is 18.7 Å². The van der Waals surface area contributed by atoms with Crippen molar-refractivity contribution in [3.05, 3.63) is 62.9 Å². The molecule has 5 rings (SSSR count). The SMILES string of the molecule is CC(=O)O.NC(=O)c1cc(C2CC2)c(CN2CCC(Oc3ccc(Cl)c(Cl)c3)CC2)cc1F.O=S([O-])C1CC1. The Morgan fingerprint density at radius 1 is 1.10 bits per heavy atom. The molecule has 214 valence electrons. The van der Waals surface area contributed by atoms with Crippen LogP contribution in [0.1, 0.15) is 72.9 Å². The van der Waals surface area contributed by atoms with Crippen LogP contribution < -0.4 is 10.5 Å². The molecule has 8 nitrogen and oxygen atoms in total. The third-order valence-corrected chi connectivity index (χ3v) is 8.19. The van der Waals surface area contributed by atoms with Gasteiger partial charge in [0.25, 0.3) is 11.9 Å². The summed E-state index contributed by atoms with van der Waals surface area (Å²) in [5.41, 5.74) is 7.33. The Balaban J connectivity index is 0.000000355. The monoisotopic (exact) mass is 601 g/mol. The number of carboxylic acids is 1. The first-order chi connectivity index (χ1) is 18.4. The van der Waals surface area contributed by atoms with Gasteiger partial charge in [0, 0.05) is 37.9 Å². The highest BCUT2D eigenvalue weighted by Gasteiger charge is 2.29. The van der Waals surface area contributed by atoms with Crippen molar-refractivity contribution in [3.63, 3.8) is 0 Å². The zero-order chi connectivity index (χ0) is 28.7. The van der Waals surface area contributed by atoms with Crippen LogP contribution in [0.2, 0.25) is 10.0 Å². The smallest absolute Gasteiger partial charge is 0.300 e. The molecule has 1 amide bonds. The largest absolute Gasteiger partial charge is 0.772 e. The summed E-state index contributed by atoms with van der Waals surface area (Å²) in [4.78, 5) is 22.8. The second-order valence-electron chi connectivity index (χ2n) is 9.82. The number of primary amides is 1. The molecule has 0 bridgehead atoms. The number of nitrogens with two attached hydrogens (primary N) is 1. The molecule has 2 aliphatic carbocycles. The minimum atomic E-state index is -1.76. The van der Waals surface area contributed by atoms with Crippen LogP contribution in [0.5, 0.6) is 5.75 Å². The molecule has 3 N–H and O–H groups in total. The Labute approximate surface area is 239 Å². The van der Waals surface area contributed by atoms with Crippen molar-refractivity contribution in [1.29, 1.82) is 0 Å². The first kappa shape index (κ1) is 31.3. The number of aliphatic carboxylic acids is 1. The van der Waals surface area contributed by atoms with E-state index in [1.807, 2.05) is 6.07 Å². The highest BCUT2D eigenvalue weighted by Crippen LogP contribution is 2.43. The third kappa shape index (κ3) is 10.3. The second kappa shape index (κ2) is 14.4. The van der Waals surface area contributed by atoms with Gasteiger partial charge in [0.1, 0.15) is 17.7 Å². The van der Waals surface area contributed by atoms with Crippen molar-refractivity contribution < 1.29 is 32.6 Å². The zero-order valence-corrected chi connectivity index (χ0v) is 23.9. The van der Waals surface area contributed by atoms with Crippen molar-refractivity contribution in [1.82, 2.24) is 4.90 Å². The molecule has 0 aromatic heterocycles. The number of nitrogens with zero attached hydrogens (tertiary/aromatic N) is 1. The molecule has 3 fully saturated rings. The number of carbonyl (C=O) groups excluding carboxylic acids is 1. The van der Waals surface area contributed by atoms with Crippen LogP contribution >= 0.6 is 23.2 Å². The number of piperidine rings is 1. The second-order valence-corrected chi connectivity index (χ2v) is 11.8. The van der Waals surface area contributed by atoms with E-state index < -0.39 is 28.8 Å². The Morgan fingerprint density at radius 2 is 1.72 bits per heavy atom. The number of amides is 1. The fraction of sp³-hybridized carbons (Fsp3) is 0.481. The van der Waals surface area contributed by atoms with E-state index in [-0.39, 0.29) is 16.9 Å². The molecular weight excluding hydrogens is 570 g/mol. The highest BCUT2D eigenvalue weighted by molar-refractivity contribution is 7.80. The van der Waals surface area contributed by atoms with Crippen molar-refractivity contribution in [2.75, 3.05) is 13.1 Å². The molecule has 2 aromatic carbocycles. The fourth-order valence-corrected chi connectivity index (χ4v) is 4.97. The Bertz CT molecular complexity index is 1200. The average molecular weight is 603 g/mol. The summed E-state index contributed by atoms with van der Waals surface area (Å²) in [6.07, 6.45) is 5.79. The van der Waals surface area contributed by atoms with Crippen LogP contribution in [0.25, 0.3) is 0 Å². The lowest BCUT2D eigenvalue weighted by Gasteiger charge is -2.32. The number of carboxylic acid groups (broad SMARTS) is 1. The van der Waals surface area contributed by atoms with Gasteiger partial charge in [-0.2, -0.15) is 0 Å². The van der Waals surface area contributed by atoms with E-state index in [4.69, 9.17) is 43.6 Å². The molecule has 2 saturated carbocycles. The molecular formula is C27H32Cl2FN2O6S-. The van der Waals surface area contributed by atoms with Gasteiger partial charge in [0.15, 0.2) is 0 Å². The Hall–Kier alpha value is -2.24. The van der Waals surface area contributed by atoms with Crippen LogP contribution in [0.4, 0.5) is 4.39 Å². The van der Waals surface area contributed by atoms with E-state index in [0.29, 0.717) is 22.5 Å². The van der Waals surface area contributed by atoms with Gasteiger partial charge in [-0.25, -0.2) is 4.39 Å². The molecule has 0 spiro atoms. The summed E-state index contributed by atoms with van der Waals surface area (Å²) < 4.78 is 39.9. The molecule has 0 radical (unpaired) electrons. The highest BCUT2D eigenvalue weighted by atomic mass is 35.5. The van der Waals surface area contributed by atoms with Gasteiger partial charge in [-0.05, 0) is 79.8 Å². The number of hydrogen-bond acceptors (Lipinski definition) is 6. The molecule has 3 aliphatic rings. The lowest BCUT2D eigenvalue weighted by molar-refractivity contribution is -0.134. The van der Waals surface area contributed by atoms with Crippen molar-refractivity contribution in [2.45, 2.75) is 69.3 Å². The molecule has 1 aliphatic heterocycles. The van der Waals surface area contributed by atoms with Gasteiger partial charge in [-0.15, -0.1) is 0 Å². The normalized spacial score (nSPS) is 18.2. The molecule has 1 atom stereocenters. The number of carbonyl (C=O) groups is 2. The van der Waals surface area contributed by atoms with Gasteiger partial charge in [0.05, 0.1) is 15.6 Å². The minimum absolute atomic E-state index is 0.00983. The summed E-state index contributed by atoms with van der Waals surface area (Å²) in [5, 5.41) is 8.43. The van der Waals surface area contributed by atoms with Crippen molar-refractivity contribution >= 4 is 46.2 Å². The fourth-order valence-electron chi connectivity index (χ4n) is 4.16. The third-order valence-electron chi connectivity index (χ3n) is 6.43. The van der Waals surface area contributed by atoms with Crippen LogP contribution in [-0.2, 0) is 22.4 Å². The topological polar surface area (TPSA) is 133 Å². The summed E-state index contributed by atoms with van der Waals surface area (Å²) in [6.45, 7) is 3.46. The molecule has 2 aromatic rings. The standard InChI is InChI=1S/C22H23Cl2FN2O2.C3H6O2S.C2H4O2/c23-19-4-3-16(10-20(19)24)29-15-5-7-27(8-6-15)12-14-9-21(25)18(22(26)28)11-17(14)13-1-2-13;4-6(5)3-1-2-3;1-2(3)4/h3-4,9-11,13,15H,1-2,5-8,12H2,(H2,26,28);3H,1-2H2,(H,4,5);1H3,(H,3,4)/p-1. The van der Waals surface area contributed by atoms with Gasteiger partial charge >= 0.3 is 0 Å². The Kier molecular flexibility index (Phi) is 11.6. The quantitative estimate of drug-likeness (QED) is 0.413. The number of likely N-dealkylation sites (tertiary alicyclic amines) is 1. The van der Waals surface area contributed by atoms with Crippen LogP contribution in [0, 0.1) is 5.82 Å². The molecule has 1 unspecified atom stereocenters. The van der Waals surface area contributed by atoms with Gasteiger partial charge in [-0.1, -0.05) is 34.3 Å². The number of benzene rings is 2. The maximum atomic E-state index is 14.3. The minimum Gasteiger partial charge on any atom is -0.772 e. The number of ether oxygens (including phenoxy) is 1. The number of halogens is 3. The molecule has 1 saturated heterocycles. The lowest BCUT2D eigenvalue weighted by Crippen LogP contribution is -2.38. The van der Waals surface area contributed by atoms with E-state index in [1.54, 1.807) is 18.2 Å². The molecule has 1 heterocycles. The van der Waals surface area contributed by atoms with E-state index in [0.717, 1.165) is 75.4 Å². The van der Waals surface area contributed by atoms with Crippen molar-refractivity contribution in [2.24, 2.45) is 5.73 Å². The Morgan fingerprint density at radius 3 is 2.18 bits per heavy atom. The summed E-state index contributed by atoms with van der Waals surface area (Å²) in [5.74, 6) is -0.942. The summed E-state index contributed by atoms with van der Waals surface area (Å²) in [6, 6.07) is 8.45. The average Bonchev–Trinajstić information content (AvgIpc) is 3.75.